The van der Waals surface area contributed by atoms with E-state index in [2.05, 4.69) is 34.9 Å². The van der Waals surface area contributed by atoms with Gasteiger partial charge in [-0.05, 0) is 96.5 Å². The molecule has 0 radical (unpaired) electrons. The number of allylic oxidation sites excluding steroid dienone is 2. The molecule has 36 heavy (non-hydrogen) atoms. The number of hydrogen-bond donors (Lipinski definition) is 2. The highest BCUT2D eigenvalue weighted by Gasteiger charge is 2.61. The Kier molecular flexibility index (Phi) is 5.81. The van der Waals surface area contributed by atoms with Crippen LogP contribution in [0, 0.1) is 34.5 Å². The molecule has 2 aromatic rings. The number of aliphatic hydroxyl groups excluding tert-OH is 1. The number of thioether (sulfide) groups is 1. The molecule has 6 nitrogen and oxygen atoms in total. The van der Waals surface area contributed by atoms with Crippen molar-refractivity contribution in [3.8, 4) is 5.69 Å². The number of rotatable bonds is 4. The molecule has 6 atom stereocenters. The zero-order valence-electron chi connectivity index (χ0n) is 20.5. The molecule has 0 bridgehead atoms. The lowest BCUT2D eigenvalue weighted by molar-refractivity contribution is -0.194. The Bertz CT molecular complexity index is 1250. The highest BCUT2D eigenvalue weighted by molar-refractivity contribution is 8.02. The smallest absolute Gasteiger partial charge is 0.212 e. The number of halogens is 2. The molecule has 2 N–H and O–H groups in total. The van der Waals surface area contributed by atoms with E-state index in [0.717, 1.165) is 66.4 Å². The maximum Gasteiger partial charge on any atom is 0.212 e. The van der Waals surface area contributed by atoms with E-state index in [4.69, 9.17) is 0 Å². The topological polar surface area (TPSA) is 80.4 Å². The van der Waals surface area contributed by atoms with Gasteiger partial charge in [-0.3, -0.25) is 0 Å². The number of nitrogens with zero attached hydrogens (tertiary/aromatic N) is 3. The van der Waals surface area contributed by atoms with Crippen LogP contribution in [0.3, 0.4) is 0 Å². The minimum atomic E-state index is -0.662. The van der Waals surface area contributed by atoms with Crippen molar-refractivity contribution in [1.82, 2.24) is 14.8 Å². The van der Waals surface area contributed by atoms with Gasteiger partial charge in [-0.2, -0.15) is 9.49 Å². The van der Waals surface area contributed by atoms with Gasteiger partial charge in [-0.1, -0.05) is 31.2 Å². The average molecular weight is 516 g/mol. The number of alkyl halides is 1. The van der Waals surface area contributed by atoms with E-state index in [-0.39, 0.29) is 21.8 Å². The third-order valence-corrected chi connectivity index (χ3v) is 10.4. The van der Waals surface area contributed by atoms with Gasteiger partial charge in [0, 0.05) is 0 Å². The van der Waals surface area contributed by atoms with Gasteiger partial charge in [-0.15, -0.1) is 0 Å². The molecule has 0 saturated heterocycles. The van der Waals surface area contributed by atoms with E-state index in [1.54, 1.807) is 6.07 Å². The highest BCUT2D eigenvalue weighted by atomic mass is 32.2. The first-order valence-corrected chi connectivity index (χ1v) is 13.6. The molecular formula is C27H31F2N3O3S. The molecule has 4 aliphatic rings. The van der Waals surface area contributed by atoms with Crippen LogP contribution < -0.4 is 0 Å². The Morgan fingerprint density at radius 1 is 1.22 bits per heavy atom. The van der Waals surface area contributed by atoms with Gasteiger partial charge in [0.15, 0.2) is 0 Å². The fourth-order valence-corrected chi connectivity index (χ4v) is 8.91. The van der Waals surface area contributed by atoms with E-state index >= 15 is 0 Å². The predicted octanol–water partition coefficient (Wildman–Crippen LogP) is 5.92. The molecule has 3 saturated carbocycles. The van der Waals surface area contributed by atoms with Crippen LogP contribution in [0.2, 0.25) is 0 Å². The second kappa shape index (κ2) is 8.67. The lowest BCUT2D eigenvalue weighted by atomic mass is 9.46. The molecule has 4 aliphatic carbocycles. The molecule has 2 aromatic heterocycles. The number of pyridine rings is 1. The third-order valence-electron chi connectivity index (χ3n) is 9.68. The van der Waals surface area contributed by atoms with Crippen LogP contribution in [0.25, 0.3) is 11.8 Å². The third kappa shape index (κ3) is 3.42. The van der Waals surface area contributed by atoms with E-state index in [1.165, 1.54) is 17.8 Å². The molecule has 192 valence electrons. The van der Waals surface area contributed by atoms with Gasteiger partial charge in [0.1, 0.15) is 6.01 Å². The zero-order valence-corrected chi connectivity index (χ0v) is 21.3. The first-order valence-electron chi connectivity index (χ1n) is 12.6. The summed E-state index contributed by atoms with van der Waals surface area (Å²) in [6.07, 6.45) is 10.1. The second-order valence-electron chi connectivity index (χ2n) is 11.2. The average Bonchev–Trinajstić information content (AvgIpc) is 3.41. The van der Waals surface area contributed by atoms with E-state index < -0.39 is 18.1 Å². The summed E-state index contributed by atoms with van der Waals surface area (Å²) in [7, 11) is 0. The molecule has 0 aliphatic heterocycles. The standard InChI is InChI=1S/C27H31F2N3O3S/c1-26-10-15-12-31-32(17-4-8-23(29)30-13-17)21(15)9-16(26)3-5-18-19-6-7-20(25(35-34)36-14-28)27(19,2)11-22(33)24(18)26/h4,8-9,12-13,18-19,22,24,33-34H,3,5-7,10-11,14H2,1-2H3. The van der Waals surface area contributed by atoms with Gasteiger partial charge in [0.2, 0.25) is 11.0 Å². The van der Waals surface area contributed by atoms with Gasteiger partial charge in [0.25, 0.3) is 0 Å². The van der Waals surface area contributed by atoms with Crippen molar-refractivity contribution < 1.29 is 24.0 Å². The number of hydrogen-bond acceptors (Lipinski definition) is 6. The number of aromatic nitrogens is 3. The highest BCUT2D eigenvalue weighted by Crippen LogP contribution is 2.67. The van der Waals surface area contributed by atoms with Crippen LogP contribution in [-0.2, 0) is 11.3 Å². The Hall–Kier alpha value is -2.23. The van der Waals surface area contributed by atoms with Crippen molar-refractivity contribution in [2.45, 2.75) is 58.5 Å². The molecule has 2 heterocycles. The summed E-state index contributed by atoms with van der Waals surface area (Å²) in [5.41, 5.74) is 4.61. The van der Waals surface area contributed by atoms with Crippen molar-refractivity contribution in [1.29, 1.82) is 0 Å². The van der Waals surface area contributed by atoms with Gasteiger partial charge < -0.3 is 9.99 Å². The lowest BCUT2D eigenvalue weighted by Crippen LogP contribution is -2.56. The van der Waals surface area contributed by atoms with Crippen LogP contribution >= 0.6 is 11.8 Å². The molecule has 6 rings (SSSR count). The van der Waals surface area contributed by atoms with Crippen LogP contribution in [0.15, 0.2) is 40.8 Å². The van der Waals surface area contributed by atoms with Crippen molar-refractivity contribution in [2.24, 2.45) is 28.6 Å². The van der Waals surface area contributed by atoms with Gasteiger partial charge in [-0.25, -0.2) is 19.3 Å². The maximum atomic E-state index is 13.4. The Morgan fingerprint density at radius 3 is 2.78 bits per heavy atom. The van der Waals surface area contributed by atoms with Gasteiger partial charge in [0.05, 0.1) is 29.9 Å². The molecule has 9 heteroatoms. The quantitative estimate of drug-likeness (QED) is 0.228. The molecule has 0 aromatic carbocycles. The summed E-state index contributed by atoms with van der Waals surface area (Å²) in [6.45, 7) is 4.44. The maximum absolute atomic E-state index is 13.4. The Labute approximate surface area is 213 Å². The second-order valence-corrected chi connectivity index (χ2v) is 12.1. The SMILES string of the molecule is CC12CC(O)C3C(CCC4=Cc5c(cnn5-c5ccc(F)nc5)CC43C)C1CCC2=C(OO)SCF. The summed E-state index contributed by atoms with van der Waals surface area (Å²) in [5, 5.41) is 26.0. The van der Waals surface area contributed by atoms with Crippen LogP contribution in [0.5, 0.6) is 0 Å². The van der Waals surface area contributed by atoms with E-state index in [9.17, 15) is 19.1 Å². The van der Waals surface area contributed by atoms with Crippen LogP contribution in [-0.4, -0.2) is 37.2 Å². The molecular weight excluding hydrogens is 484 g/mol. The summed E-state index contributed by atoms with van der Waals surface area (Å²) in [4.78, 5) is 8.41. The van der Waals surface area contributed by atoms with Crippen molar-refractivity contribution >= 4 is 17.8 Å². The largest absolute Gasteiger partial charge is 0.393 e. The van der Waals surface area contributed by atoms with E-state index in [1.807, 2.05) is 10.9 Å². The number of fused-ring (bicyclic) bond motifs is 6. The molecule has 0 spiro atoms. The zero-order chi connectivity index (χ0) is 25.2. The van der Waals surface area contributed by atoms with Crippen molar-refractivity contribution in [3.63, 3.8) is 0 Å². The minimum absolute atomic E-state index is 0.103. The Morgan fingerprint density at radius 2 is 2.06 bits per heavy atom. The van der Waals surface area contributed by atoms with Crippen molar-refractivity contribution in [3.05, 3.63) is 58.0 Å². The van der Waals surface area contributed by atoms with Crippen molar-refractivity contribution in [2.75, 3.05) is 6.01 Å². The summed E-state index contributed by atoms with van der Waals surface area (Å²) < 4.78 is 28.3. The number of aliphatic hydroxyl groups is 1. The Balaban J connectivity index is 1.35. The lowest BCUT2D eigenvalue weighted by Gasteiger charge is -2.59. The first kappa shape index (κ1) is 24.1. The van der Waals surface area contributed by atoms with Crippen LogP contribution in [0.4, 0.5) is 8.78 Å². The summed E-state index contributed by atoms with van der Waals surface area (Å²) in [5.74, 6) is 0.255. The predicted molar refractivity (Wildman–Crippen MR) is 133 cm³/mol. The summed E-state index contributed by atoms with van der Waals surface area (Å²) >= 11 is 0.885. The van der Waals surface area contributed by atoms with Gasteiger partial charge >= 0.3 is 0 Å². The van der Waals surface area contributed by atoms with Crippen LogP contribution in [0.1, 0.15) is 57.2 Å². The molecule has 6 unspecified atom stereocenters. The normalized spacial score (nSPS) is 36.3. The summed E-state index contributed by atoms with van der Waals surface area (Å²) in [6, 6.07) is 2.36. The van der Waals surface area contributed by atoms with E-state index in [0.29, 0.717) is 18.3 Å². The minimum Gasteiger partial charge on any atom is -0.393 e. The fourth-order valence-electron chi connectivity index (χ4n) is 8.25. The molecule has 3 fully saturated rings. The monoisotopic (exact) mass is 515 g/mol. The first-order chi connectivity index (χ1) is 17.3. The fraction of sp³-hybridized carbons (Fsp3) is 0.556. The molecule has 0 amide bonds.